The van der Waals surface area contributed by atoms with Gasteiger partial charge in [0.2, 0.25) is 0 Å². The van der Waals surface area contributed by atoms with E-state index in [2.05, 4.69) is 20.6 Å². The average molecular weight is 339 g/mol. The molecule has 1 fully saturated rings. The highest BCUT2D eigenvalue weighted by atomic mass is 16.5. The molecular formula is C18H21N5O2. The van der Waals surface area contributed by atoms with E-state index in [9.17, 15) is 5.11 Å². The van der Waals surface area contributed by atoms with Crippen molar-refractivity contribution in [2.45, 2.75) is 31.2 Å². The van der Waals surface area contributed by atoms with E-state index >= 15 is 0 Å². The van der Waals surface area contributed by atoms with Gasteiger partial charge in [-0.3, -0.25) is 9.78 Å². The van der Waals surface area contributed by atoms with Crippen molar-refractivity contribution in [2.75, 3.05) is 7.11 Å². The number of aliphatic hydroxyl groups is 1. The average Bonchev–Trinajstić information content (AvgIpc) is 3.30. The highest BCUT2D eigenvalue weighted by Crippen LogP contribution is 2.33. The summed E-state index contributed by atoms with van der Waals surface area (Å²) in [7, 11) is 1.66. The van der Waals surface area contributed by atoms with Crippen LogP contribution in [0.15, 0.2) is 48.9 Å². The number of aromatic amines is 1. The van der Waals surface area contributed by atoms with Crippen LogP contribution in [0.2, 0.25) is 0 Å². The summed E-state index contributed by atoms with van der Waals surface area (Å²) in [4.78, 5) is 0. The Hall–Kier alpha value is -2.64. The highest BCUT2D eigenvalue weighted by molar-refractivity contribution is 5.63. The molecule has 1 aliphatic carbocycles. The molecule has 0 unspecified atom stereocenters. The Balaban J connectivity index is 1.45. The zero-order valence-electron chi connectivity index (χ0n) is 14.0. The summed E-state index contributed by atoms with van der Waals surface area (Å²) in [5.74, 6) is 0.827. The van der Waals surface area contributed by atoms with E-state index in [-0.39, 0.29) is 18.2 Å². The van der Waals surface area contributed by atoms with Gasteiger partial charge in [0.25, 0.3) is 0 Å². The number of methoxy groups -OCH3 is 1. The third-order valence-corrected chi connectivity index (χ3v) is 4.78. The molecule has 7 nitrogen and oxygen atoms in total. The van der Waals surface area contributed by atoms with Gasteiger partial charge in [0.05, 0.1) is 31.1 Å². The van der Waals surface area contributed by atoms with Crippen molar-refractivity contribution in [3.8, 4) is 17.0 Å². The van der Waals surface area contributed by atoms with Crippen LogP contribution in [0.4, 0.5) is 0 Å². The first kappa shape index (κ1) is 15.9. The maximum absolute atomic E-state index is 10.1. The van der Waals surface area contributed by atoms with Crippen molar-refractivity contribution in [3.63, 3.8) is 0 Å². The number of H-pyrrole nitrogens is 1. The molecule has 0 radical (unpaired) electrons. The first-order chi connectivity index (χ1) is 12.3. The third-order valence-electron chi connectivity index (χ3n) is 4.78. The quantitative estimate of drug-likeness (QED) is 0.637. The van der Waals surface area contributed by atoms with Crippen LogP contribution < -0.4 is 10.1 Å². The summed E-state index contributed by atoms with van der Waals surface area (Å²) in [5.41, 5.74) is 3.14. The summed E-state index contributed by atoms with van der Waals surface area (Å²) in [6, 6.07) is 9.93. The number of hydrogen-bond donors (Lipinski definition) is 3. The lowest BCUT2D eigenvalue weighted by molar-refractivity contribution is -0.00820. The van der Waals surface area contributed by atoms with E-state index in [1.54, 1.807) is 13.3 Å². The van der Waals surface area contributed by atoms with Gasteiger partial charge in [0.1, 0.15) is 5.75 Å². The van der Waals surface area contributed by atoms with Crippen molar-refractivity contribution in [3.05, 3.63) is 54.5 Å². The van der Waals surface area contributed by atoms with Gasteiger partial charge in [-0.05, 0) is 36.8 Å². The summed E-state index contributed by atoms with van der Waals surface area (Å²) in [6.45, 7) is 0.674. The zero-order valence-corrected chi connectivity index (χ0v) is 14.0. The second-order valence-corrected chi connectivity index (χ2v) is 6.27. The fourth-order valence-electron chi connectivity index (χ4n) is 3.33. The molecule has 3 N–H and O–H groups in total. The van der Waals surface area contributed by atoms with Gasteiger partial charge in [-0.1, -0.05) is 0 Å². The fraction of sp³-hybridized carbons (Fsp3) is 0.333. The van der Waals surface area contributed by atoms with E-state index < -0.39 is 0 Å². The number of nitrogens with zero attached hydrogens (tertiary/aromatic N) is 3. The smallest absolute Gasteiger partial charge is 0.118 e. The van der Waals surface area contributed by atoms with Gasteiger partial charge >= 0.3 is 0 Å². The molecule has 3 aromatic rings. The minimum Gasteiger partial charge on any atom is -0.497 e. The minimum absolute atomic E-state index is 0.0219. The van der Waals surface area contributed by atoms with Gasteiger partial charge in [-0.25, -0.2) is 0 Å². The van der Waals surface area contributed by atoms with Crippen LogP contribution in [-0.4, -0.2) is 44.3 Å². The fourth-order valence-corrected chi connectivity index (χ4v) is 3.33. The predicted octanol–water partition coefficient (Wildman–Crippen LogP) is 1.75. The molecule has 0 spiro atoms. The number of rotatable bonds is 6. The molecule has 0 aliphatic heterocycles. The predicted molar refractivity (Wildman–Crippen MR) is 93.1 cm³/mol. The normalized spacial score (nSPS) is 22.6. The Morgan fingerprint density at radius 2 is 2.20 bits per heavy atom. The molecule has 1 aliphatic rings. The largest absolute Gasteiger partial charge is 0.497 e. The van der Waals surface area contributed by atoms with Gasteiger partial charge in [-0.2, -0.15) is 10.2 Å². The van der Waals surface area contributed by atoms with E-state index in [0.717, 1.165) is 29.0 Å². The van der Waals surface area contributed by atoms with Gasteiger partial charge in [-0.15, -0.1) is 0 Å². The maximum Gasteiger partial charge on any atom is 0.118 e. The number of ether oxygens (including phenoxy) is 1. The van der Waals surface area contributed by atoms with E-state index in [1.807, 2.05) is 47.4 Å². The Morgan fingerprint density at radius 3 is 2.88 bits per heavy atom. The number of nitrogens with one attached hydrogen (secondary N) is 2. The monoisotopic (exact) mass is 339 g/mol. The molecule has 4 rings (SSSR count). The summed E-state index contributed by atoms with van der Waals surface area (Å²) < 4.78 is 7.03. The number of aromatic nitrogens is 4. The number of benzene rings is 1. The lowest BCUT2D eigenvalue weighted by Gasteiger charge is -2.42. The Kier molecular flexibility index (Phi) is 4.25. The molecule has 2 aromatic heterocycles. The highest BCUT2D eigenvalue weighted by Gasteiger charge is 2.41. The van der Waals surface area contributed by atoms with Crippen molar-refractivity contribution in [1.29, 1.82) is 0 Å². The molecule has 1 aromatic carbocycles. The van der Waals surface area contributed by atoms with E-state index in [4.69, 9.17) is 4.74 Å². The second-order valence-electron chi connectivity index (χ2n) is 6.27. The van der Waals surface area contributed by atoms with Crippen LogP contribution in [0.3, 0.4) is 0 Å². The molecule has 7 heteroatoms. The molecule has 2 heterocycles. The molecule has 0 saturated heterocycles. The summed E-state index contributed by atoms with van der Waals surface area (Å²) in [5, 5.41) is 25.1. The summed E-state index contributed by atoms with van der Waals surface area (Å²) >= 11 is 0. The Labute approximate surface area is 145 Å². The van der Waals surface area contributed by atoms with Crippen LogP contribution >= 0.6 is 0 Å². The Morgan fingerprint density at radius 1 is 1.36 bits per heavy atom. The van der Waals surface area contributed by atoms with Gasteiger partial charge in [0.15, 0.2) is 0 Å². The van der Waals surface area contributed by atoms with Crippen molar-refractivity contribution in [1.82, 2.24) is 25.3 Å². The first-order valence-corrected chi connectivity index (χ1v) is 8.33. The first-order valence-electron chi connectivity index (χ1n) is 8.33. The lowest BCUT2D eigenvalue weighted by Crippen LogP contribution is -2.54. The topological polar surface area (TPSA) is 88.0 Å². The Bertz CT molecular complexity index is 812. The molecule has 0 amide bonds. The molecule has 0 bridgehead atoms. The molecule has 3 atom stereocenters. The number of hydrogen-bond acceptors (Lipinski definition) is 5. The second kappa shape index (κ2) is 6.70. The molecule has 25 heavy (non-hydrogen) atoms. The zero-order chi connectivity index (χ0) is 17.2. The molecule has 130 valence electrons. The molecular weight excluding hydrogens is 318 g/mol. The van der Waals surface area contributed by atoms with Crippen molar-refractivity contribution >= 4 is 0 Å². The SMILES string of the molecule is COc1ccc(-c2[nH]ncc2CN[C@H]2C[C@@H](O)[C@@H]2n2cccn2)cc1. The van der Waals surface area contributed by atoms with Crippen LogP contribution in [0, 0.1) is 0 Å². The minimum atomic E-state index is -0.359. The standard InChI is InChI=1S/C18H21N5O2/c1-25-14-5-3-12(4-6-14)17-13(11-20-22-17)10-19-15-9-16(24)18(15)23-8-2-7-21-23/h2-8,11,15-16,18-19,24H,9-10H2,1H3,(H,20,22)/t15-,16+,18+/m0/s1. The third kappa shape index (κ3) is 3.04. The summed E-state index contributed by atoms with van der Waals surface area (Å²) in [6.07, 6.45) is 5.83. The maximum atomic E-state index is 10.1. The van der Waals surface area contributed by atoms with Crippen LogP contribution in [0.1, 0.15) is 18.0 Å². The van der Waals surface area contributed by atoms with Crippen LogP contribution in [0.25, 0.3) is 11.3 Å². The van der Waals surface area contributed by atoms with E-state index in [0.29, 0.717) is 6.54 Å². The van der Waals surface area contributed by atoms with Gasteiger partial charge < -0.3 is 15.2 Å². The van der Waals surface area contributed by atoms with Crippen LogP contribution in [0.5, 0.6) is 5.75 Å². The number of aliphatic hydroxyl groups excluding tert-OH is 1. The van der Waals surface area contributed by atoms with Gasteiger partial charge in [0, 0.05) is 36.1 Å². The lowest BCUT2D eigenvalue weighted by atomic mass is 9.83. The van der Waals surface area contributed by atoms with Crippen molar-refractivity contribution in [2.24, 2.45) is 0 Å². The van der Waals surface area contributed by atoms with Crippen LogP contribution in [-0.2, 0) is 6.54 Å². The molecule has 1 saturated carbocycles. The van der Waals surface area contributed by atoms with Crippen molar-refractivity contribution < 1.29 is 9.84 Å². The van der Waals surface area contributed by atoms with E-state index in [1.165, 1.54) is 0 Å².